The molecule has 2 N–H and O–H groups in total. The van der Waals surface area contributed by atoms with Gasteiger partial charge in [0.25, 0.3) is 0 Å². The number of benzene rings is 1. The average molecular weight is 490 g/mol. The molecule has 35 heavy (non-hydrogen) atoms. The van der Waals surface area contributed by atoms with Crippen LogP contribution in [-0.4, -0.2) is 25.8 Å². The average Bonchev–Trinajstić information content (AvgIpc) is 3.25. The molecular weight excluding hydrogens is 475 g/mol. The fraction of sp³-hybridized carbons (Fsp3) is 0.0909. The Morgan fingerprint density at radius 2 is 1.83 bits per heavy atom. The first kappa shape index (κ1) is 23.6. The molecule has 13 heteroatoms. The van der Waals surface area contributed by atoms with Gasteiger partial charge in [0.15, 0.2) is 11.6 Å². The van der Waals surface area contributed by atoms with E-state index in [2.05, 4.69) is 20.4 Å². The molecular formula is C22H15F5N6O2. The molecule has 0 aliphatic heterocycles. The maximum atomic E-state index is 14.6. The van der Waals surface area contributed by atoms with E-state index in [-0.39, 0.29) is 11.4 Å². The summed E-state index contributed by atoms with van der Waals surface area (Å²) in [6.45, 7) is 0. The summed E-state index contributed by atoms with van der Waals surface area (Å²) in [5, 5.41) is 8.15. The van der Waals surface area contributed by atoms with Gasteiger partial charge in [0.05, 0.1) is 35.0 Å². The highest BCUT2D eigenvalue weighted by atomic mass is 19.4. The molecule has 1 aromatic carbocycles. The predicted octanol–water partition coefficient (Wildman–Crippen LogP) is 5.61. The van der Waals surface area contributed by atoms with E-state index in [1.165, 1.54) is 18.3 Å². The van der Waals surface area contributed by atoms with Gasteiger partial charge in [-0.05, 0) is 24.3 Å². The summed E-state index contributed by atoms with van der Waals surface area (Å²) < 4.78 is 74.5. The fourth-order valence-electron chi connectivity index (χ4n) is 2.97. The lowest BCUT2D eigenvalue weighted by Crippen LogP contribution is -2.21. The highest BCUT2D eigenvalue weighted by Crippen LogP contribution is 2.32. The third kappa shape index (κ3) is 5.51. The summed E-state index contributed by atoms with van der Waals surface area (Å²) in [5.74, 6) is -3.10. The minimum Gasteiger partial charge on any atom is -0.454 e. The third-order valence-electron chi connectivity index (χ3n) is 4.58. The summed E-state index contributed by atoms with van der Waals surface area (Å²) in [4.78, 5) is 19.7. The van der Waals surface area contributed by atoms with E-state index in [4.69, 9.17) is 4.74 Å². The van der Waals surface area contributed by atoms with Crippen LogP contribution in [0.1, 0.15) is 5.56 Å². The number of anilines is 2. The molecule has 0 aliphatic rings. The molecule has 0 unspecified atom stereocenters. The van der Waals surface area contributed by atoms with Crippen LogP contribution >= 0.6 is 0 Å². The van der Waals surface area contributed by atoms with Gasteiger partial charge >= 0.3 is 12.2 Å². The van der Waals surface area contributed by atoms with E-state index < -0.39 is 40.8 Å². The third-order valence-corrected chi connectivity index (χ3v) is 4.58. The zero-order valence-electron chi connectivity index (χ0n) is 17.8. The number of nitrogens with one attached hydrogen (secondary N) is 2. The van der Waals surface area contributed by atoms with Crippen LogP contribution in [0.2, 0.25) is 0 Å². The van der Waals surface area contributed by atoms with Gasteiger partial charge in [0.2, 0.25) is 5.82 Å². The fourth-order valence-corrected chi connectivity index (χ4v) is 2.97. The summed E-state index contributed by atoms with van der Waals surface area (Å²) >= 11 is 0. The number of rotatable bonds is 5. The van der Waals surface area contributed by atoms with Crippen molar-refractivity contribution in [3.8, 4) is 22.8 Å². The molecule has 0 radical (unpaired) electrons. The normalized spacial score (nSPS) is 11.3. The summed E-state index contributed by atoms with van der Waals surface area (Å²) in [6.07, 6.45) is 1.60. The van der Waals surface area contributed by atoms with E-state index in [0.29, 0.717) is 23.5 Å². The Morgan fingerprint density at radius 3 is 2.54 bits per heavy atom. The molecule has 4 aromatic rings. The molecule has 8 nitrogen and oxygen atoms in total. The van der Waals surface area contributed by atoms with Crippen LogP contribution < -0.4 is 15.4 Å². The highest BCUT2D eigenvalue weighted by Gasteiger charge is 2.31. The van der Waals surface area contributed by atoms with Gasteiger partial charge in [-0.1, -0.05) is 0 Å². The van der Waals surface area contributed by atoms with Crippen molar-refractivity contribution in [2.75, 3.05) is 10.6 Å². The van der Waals surface area contributed by atoms with Crippen molar-refractivity contribution in [3.63, 3.8) is 0 Å². The highest BCUT2D eigenvalue weighted by molar-refractivity contribution is 5.99. The van der Waals surface area contributed by atoms with Crippen molar-refractivity contribution >= 4 is 17.4 Å². The topological polar surface area (TPSA) is 94.0 Å². The Labute approximate surface area is 194 Å². The maximum absolute atomic E-state index is 14.6. The van der Waals surface area contributed by atoms with Crippen molar-refractivity contribution in [1.82, 2.24) is 19.7 Å². The number of urea groups is 1. The lowest BCUT2D eigenvalue weighted by molar-refractivity contribution is -0.137. The minimum absolute atomic E-state index is 0.174. The Morgan fingerprint density at radius 1 is 1.03 bits per heavy atom. The molecule has 0 fully saturated rings. The molecule has 0 atom stereocenters. The van der Waals surface area contributed by atoms with Crippen LogP contribution in [0.15, 0.2) is 61.3 Å². The lowest BCUT2D eigenvalue weighted by atomic mass is 10.2. The number of hydrogen-bond donors (Lipinski definition) is 2. The van der Waals surface area contributed by atoms with Crippen molar-refractivity contribution < 1.29 is 31.5 Å². The first-order chi connectivity index (χ1) is 16.6. The van der Waals surface area contributed by atoms with Crippen molar-refractivity contribution in [1.29, 1.82) is 0 Å². The quantitative estimate of drug-likeness (QED) is 0.355. The van der Waals surface area contributed by atoms with E-state index in [1.807, 2.05) is 5.32 Å². The Balaban J connectivity index is 1.47. The molecule has 0 saturated heterocycles. The molecule has 0 bridgehead atoms. The van der Waals surface area contributed by atoms with Crippen LogP contribution in [0.5, 0.6) is 11.5 Å². The number of hydrogen-bond acceptors (Lipinski definition) is 5. The van der Waals surface area contributed by atoms with E-state index >= 15 is 0 Å². The SMILES string of the molecule is Cn1cc(-c2cc(Oc3ccc(NC(=O)Nc4cncc(C(F)(F)F)c4)c(F)c3F)ccn2)cn1. The second-order valence-electron chi connectivity index (χ2n) is 7.16. The predicted molar refractivity (Wildman–Crippen MR) is 115 cm³/mol. The van der Waals surface area contributed by atoms with Gasteiger partial charge < -0.3 is 15.4 Å². The zero-order chi connectivity index (χ0) is 25.2. The van der Waals surface area contributed by atoms with Crippen LogP contribution in [-0.2, 0) is 13.2 Å². The number of halogens is 5. The summed E-state index contributed by atoms with van der Waals surface area (Å²) in [5.41, 5.74) is -0.753. The van der Waals surface area contributed by atoms with Crippen molar-refractivity contribution in [2.24, 2.45) is 7.05 Å². The first-order valence-electron chi connectivity index (χ1n) is 9.81. The van der Waals surface area contributed by atoms with Gasteiger partial charge in [0, 0.05) is 37.3 Å². The summed E-state index contributed by atoms with van der Waals surface area (Å²) in [7, 11) is 1.73. The number of amides is 2. The Kier molecular flexibility index (Phi) is 6.32. The van der Waals surface area contributed by atoms with Gasteiger partial charge in [-0.3, -0.25) is 14.6 Å². The van der Waals surface area contributed by atoms with Crippen LogP contribution in [0.3, 0.4) is 0 Å². The van der Waals surface area contributed by atoms with Gasteiger partial charge in [-0.2, -0.15) is 22.7 Å². The molecule has 4 rings (SSSR count). The minimum atomic E-state index is -4.67. The van der Waals surface area contributed by atoms with Crippen LogP contribution in [0.25, 0.3) is 11.3 Å². The molecule has 0 aliphatic carbocycles. The monoisotopic (exact) mass is 490 g/mol. The molecule has 3 heterocycles. The summed E-state index contributed by atoms with van der Waals surface area (Å²) in [6, 6.07) is 4.63. The second-order valence-corrected chi connectivity index (χ2v) is 7.16. The second kappa shape index (κ2) is 9.37. The zero-order valence-corrected chi connectivity index (χ0v) is 17.8. The van der Waals surface area contributed by atoms with Crippen molar-refractivity contribution in [2.45, 2.75) is 6.18 Å². The van der Waals surface area contributed by atoms with E-state index in [1.54, 1.807) is 24.1 Å². The van der Waals surface area contributed by atoms with Gasteiger partial charge in [0.1, 0.15) is 5.75 Å². The first-order valence-corrected chi connectivity index (χ1v) is 9.81. The van der Waals surface area contributed by atoms with E-state index in [0.717, 1.165) is 18.3 Å². The smallest absolute Gasteiger partial charge is 0.417 e. The molecule has 0 spiro atoms. The standard InChI is InChI=1S/C22H15F5N6O2/c1-33-11-12(8-30-33)17-7-15(4-5-29-17)35-18-3-2-16(19(23)20(18)24)32-21(34)31-14-6-13(9-28-10-14)22(25,26)27/h2-11H,1H3,(H2,31,32,34). The number of carbonyl (C=O) groups excluding carboxylic acids is 1. The van der Waals surface area contributed by atoms with Gasteiger partial charge in [-0.25, -0.2) is 9.18 Å². The molecule has 2 amide bonds. The maximum Gasteiger partial charge on any atom is 0.417 e. The lowest BCUT2D eigenvalue weighted by Gasteiger charge is -2.12. The Hall–Kier alpha value is -4.55. The number of aromatic nitrogens is 4. The number of nitrogens with zero attached hydrogens (tertiary/aromatic N) is 4. The van der Waals surface area contributed by atoms with E-state index in [9.17, 15) is 26.7 Å². The molecule has 3 aromatic heterocycles. The van der Waals surface area contributed by atoms with Crippen LogP contribution in [0, 0.1) is 11.6 Å². The number of alkyl halides is 3. The molecule has 180 valence electrons. The molecule has 0 saturated carbocycles. The number of pyridine rings is 2. The van der Waals surface area contributed by atoms with Crippen LogP contribution in [0.4, 0.5) is 38.1 Å². The number of carbonyl (C=O) groups is 1. The number of aryl methyl sites for hydroxylation is 1. The van der Waals surface area contributed by atoms with Crippen molar-refractivity contribution in [3.05, 3.63) is 78.5 Å². The number of ether oxygens (including phenoxy) is 1. The Bertz CT molecular complexity index is 1390. The van der Waals surface area contributed by atoms with Gasteiger partial charge in [-0.15, -0.1) is 0 Å². The largest absolute Gasteiger partial charge is 0.454 e.